The number of nitrogens with one attached hydrogen (secondary N) is 3. The molecule has 0 heterocycles. The zero-order valence-electron chi connectivity index (χ0n) is 16.5. The molecule has 2 aromatic carbocycles. The molecule has 7 nitrogen and oxygen atoms in total. The van der Waals surface area contributed by atoms with Crippen LogP contribution in [0.15, 0.2) is 42.5 Å². The second-order valence-corrected chi connectivity index (χ2v) is 6.80. The van der Waals surface area contributed by atoms with Gasteiger partial charge in [-0.05, 0) is 63.1 Å². The number of aryl methyl sites for hydroxylation is 2. The van der Waals surface area contributed by atoms with Crippen LogP contribution in [0.1, 0.15) is 35.3 Å². The molecule has 3 amide bonds. The predicted octanol–water partition coefficient (Wildman–Crippen LogP) is 3.63. The fraction of sp³-hybridized carbons (Fsp3) is 0.286. The highest BCUT2D eigenvalue weighted by atomic mass is 16.5. The first kappa shape index (κ1) is 21.0. The highest BCUT2D eigenvalue weighted by Crippen LogP contribution is 2.17. The molecule has 0 saturated carbocycles. The molecule has 0 radical (unpaired) electrons. The third-order valence-corrected chi connectivity index (χ3v) is 3.65. The molecule has 0 spiro atoms. The van der Waals surface area contributed by atoms with Crippen LogP contribution < -0.4 is 16.0 Å². The average Bonchev–Trinajstić information content (AvgIpc) is 2.58. The number of rotatable bonds is 6. The minimum Gasteiger partial charge on any atom is -0.452 e. The molecule has 2 rings (SSSR count). The van der Waals surface area contributed by atoms with Gasteiger partial charge in [0.2, 0.25) is 0 Å². The van der Waals surface area contributed by atoms with Crippen LogP contribution in [0.5, 0.6) is 0 Å². The molecule has 7 heteroatoms. The van der Waals surface area contributed by atoms with Gasteiger partial charge in [0.05, 0.1) is 11.3 Å². The summed E-state index contributed by atoms with van der Waals surface area (Å²) < 4.78 is 5.10. The van der Waals surface area contributed by atoms with Crippen molar-refractivity contribution in [2.45, 2.75) is 33.7 Å². The summed E-state index contributed by atoms with van der Waals surface area (Å²) in [6, 6.07) is 11.6. The van der Waals surface area contributed by atoms with Crippen LogP contribution in [0.25, 0.3) is 0 Å². The van der Waals surface area contributed by atoms with Crippen molar-refractivity contribution in [2.24, 2.45) is 0 Å². The molecule has 0 aliphatic heterocycles. The van der Waals surface area contributed by atoms with Gasteiger partial charge < -0.3 is 20.7 Å². The van der Waals surface area contributed by atoms with E-state index in [1.54, 1.807) is 18.2 Å². The lowest BCUT2D eigenvalue weighted by atomic mass is 10.1. The summed E-state index contributed by atoms with van der Waals surface area (Å²) in [4.78, 5) is 36.3. The van der Waals surface area contributed by atoms with Crippen LogP contribution in [0.3, 0.4) is 0 Å². The van der Waals surface area contributed by atoms with Crippen LogP contribution >= 0.6 is 0 Å². The number of anilines is 2. The molecule has 2 aromatic rings. The number of hydrogen-bond acceptors (Lipinski definition) is 4. The summed E-state index contributed by atoms with van der Waals surface area (Å²) in [5.41, 5.74) is 3.16. The fourth-order valence-corrected chi connectivity index (χ4v) is 2.64. The molecule has 0 bridgehead atoms. The van der Waals surface area contributed by atoms with Crippen molar-refractivity contribution in [1.82, 2.24) is 5.32 Å². The van der Waals surface area contributed by atoms with E-state index in [0.717, 1.165) is 11.1 Å². The Bertz CT molecular complexity index is 857. The van der Waals surface area contributed by atoms with Crippen LogP contribution in [-0.4, -0.2) is 30.6 Å². The minimum absolute atomic E-state index is 0.0481. The van der Waals surface area contributed by atoms with Gasteiger partial charge in [-0.25, -0.2) is 9.59 Å². The molecule has 0 unspecified atom stereocenters. The fourth-order valence-electron chi connectivity index (χ4n) is 2.64. The topological polar surface area (TPSA) is 96.5 Å². The Hall–Kier alpha value is -3.35. The van der Waals surface area contributed by atoms with Crippen molar-refractivity contribution in [3.8, 4) is 0 Å². The summed E-state index contributed by atoms with van der Waals surface area (Å²) in [5.74, 6) is -1.14. The van der Waals surface area contributed by atoms with Gasteiger partial charge in [0.1, 0.15) is 0 Å². The van der Waals surface area contributed by atoms with Crippen molar-refractivity contribution in [3.63, 3.8) is 0 Å². The van der Waals surface area contributed by atoms with E-state index in [2.05, 4.69) is 16.0 Å². The summed E-state index contributed by atoms with van der Waals surface area (Å²) in [7, 11) is 0. The number of benzene rings is 2. The van der Waals surface area contributed by atoms with Crippen molar-refractivity contribution in [2.75, 3.05) is 17.2 Å². The number of esters is 1. The van der Waals surface area contributed by atoms with Gasteiger partial charge in [0, 0.05) is 11.7 Å². The third-order valence-electron chi connectivity index (χ3n) is 3.65. The normalized spacial score (nSPS) is 10.3. The second kappa shape index (κ2) is 9.55. The van der Waals surface area contributed by atoms with E-state index < -0.39 is 24.5 Å². The maximum absolute atomic E-state index is 12.4. The lowest BCUT2D eigenvalue weighted by Crippen LogP contribution is -2.34. The molecule has 148 valence electrons. The molecule has 0 fully saturated rings. The van der Waals surface area contributed by atoms with Gasteiger partial charge in [-0.15, -0.1) is 0 Å². The molecule has 28 heavy (non-hydrogen) atoms. The Balaban J connectivity index is 1.97. The van der Waals surface area contributed by atoms with Crippen LogP contribution in [-0.2, 0) is 9.53 Å². The number of ether oxygens (including phenoxy) is 1. The zero-order valence-corrected chi connectivity index (χ0v) is 16.5. The van der Waals surface area contributed by atoms with E-state index >= 15 is 0 Å². The molecular weight excluding hydrogens is 358 g/mol. The van der Waals surface area contributed by atoms with Gasteiger partial charge in [-0.3, -0.25) is 4.79 Å². The van der Waals surface area contributed by atoms with Gasteiger partial charge in [-0.1, -0.05) is 18.2 Å². The predicted molar refractivity (Wildman–Crippen MR) is 109 cm³/mol. The Morgan fingerprint density at radius 1 is 0.964 bits per heavy atom. The summed E-state index contributed by atoms with van der Waals surface area (Å²) in [6.07, 6.45) is 0. The lowest BCUT2D eigenvalue weighted by Gasteiger charge is -2.13. The first-order chi connectivity index (χ1) is 13.2. The number of urea groups is 1. The van der Waals surface area contributed by atoms with Gasteiger partial charge in [0.15, 0.2) is 6.61 Å². The van der Waals surface area contributed by atoms with Crippen LogP contribution in [0.2, 0.25) is 0 Å². The Morgan fingerprint density at radius 3 is 2.25 bits per heavy atom. The van der Waals surface area contributed by atoms with Crippen LogP contribution in [0, 0.1) is 13.8 Å². The number of amides is 3. The van der Waals surface area contributed by atoms with Crippen molar-refractivity contribution >= 4 is 29.3 Å². The first-order valence-electron chi connectivity index (χ1n) is 8.96. The molecule has 0 aliphatic rings. The summed E-state index contributed by atoms with van der Waals surface area (Å²) >= 11 is 0. The van der Waals surface area contributed by atoms with E-state index in [4.69, 9.17) is 4.74 Å². The summed E-state index contributed by atoms with van der Waals surface area (Å²) in [5, 5.41) is 7.99. The Kier molecular flexibility index (Phi) is 7.14. The van der Waals surface area contributed by atoms with Crippen LogP contribution in [0.4, 0.5) is 16.2 Å². The third kappa shape index (κ3) is 6.42. The highest BCUT2D eigenvalue weighted by molar-refractivity contribution is 6.02. The number of hydrogen-bond donors (Lipinski definition) is 3. The number of para-hydroxylation sites is 1. The Morgan fingerprint density at radius 2 is 1.61 bits per heavy atom. The maximum atomic E-state index is 12.4. The molecule has 0 aliphatic carbocycles. The molecular formula is C21H25N3O4. The van der Waals surface area contributed by atoms with Gasteiger partial charge >= 0.3 is 12.0 Å². The molecule has 0 atom stereocenters. The largest absolute Gasteiger partial charge is 0.452 e. The zero-order chi connectivity index (χ0) is 20.7. The van der Waals surface area contributed by atoms with E-state index in [0.29, 0.717) is 11.4 Å². The van der Waals surface area contributed by atoms with Crippen molar-refractivity contribution in [1.29, 1.82) is 0 Å². The van der Waals surface area contributed by atoms with E-state index in [-0.39, 0.29) is 11.6 Å². The van der Waals surface area contributed by atoms with Crippen molar-refractivity contribution in [3.05, 3.63) is 59.2 Å². The maximum Gasteiger partial charge on any atom is 0.340 e. The highest BCUT2D eigenvalue weighted by Gasteiger charge is 2.16. The lowest BCUT2D eigenvalue weighted by molar-refractivity contribution is -0.119. The number of carbonyl (C=O) groups excluding carboxylic acids is 3. The second-order valence-electron chi connectivity index (χ2n) is 6.80. The minimum atomic E-state index is -0.698. The van der Waals surface area contributed by atoms with E-state index in [1.807, 2.05) is 45.9 Å². The molecule has 0 saturated heterocycles. The van der Waals surface area contributed by atoms with Gasteiger partial charge in [-0.2, -0.15) is 0 Å². The van der Waals surface area contributed by atoms with Crippen molar-refractivity contribution < 1.29 is 19.1 Å². The smallest absolute Gasteiger partial charge is 0.340 e. The average molecular weight is 383 g/mol. The SMILES string of the molecule is Cc1cc(C)cc(NC(=O)COC(=O)c2ccccc2NC(=O)NC(C)C)c1. The van der Waals surface area contributed by atoms with E-state index in [1.165, 1.54) is 6.07 Å². The summed E-state index contributed by atoms with van der Waals surface area (Å²) in [6.45, 7) is 7.09. The number of carbonyl (C=O) groups is 3. The monoisotopic (exact) mass is 383 g/mol. The Labute approximate surface area is 164 Å². The molecule has 3 N–H and O–H groups in total. The van der Waals surface area contributed by atoms with E-state index in [9.17, 15) is 14.4 Å². The molecule has 0 aromatic heterocycles. The first-order valence-corrected chi connectivity index (χ1v) is 8.96. The van der Waals surface area contributed by atoms with Gasteiger partial charge in [0.25, 0.3) is 5.91 Å². The quantitative estimate of drug-likeness (QED) is 0.664. The standard InChI is InChI=1S/C21H25N3O4/c1-13(2)22-21(27)24-18-8-6-5-7-17(18)20(26)28-12-19(25)23-16-10-14(3)9-15(4)11-16/h5-11,13H,12H2,1-4H3,(H,23,25)(H2,22,24,27).